The van der Waals surface area contributed by atoms with E-state index in [1.54, 1.807) is 6.07 Å². The van der Waals surface area contributed by atoms with E-state index < -0.39 is 27.2 Å². The molecule has 0 bridgehead atoms. The van der Waals surface area contributed by atoms with E-state index in [1.165, 1.54) is 28.6 Å². The molecular formula is C21H24FN3O5S2. The summed E-state index contributed by atoms with van der Waals surface area (Å²) in [4.78, 5) is 29.2. The highest BCUT2D eigenvalue weighted by molar-refractivity contribution is 7.92. The van der Waals surface area contributed by atoms with E-state index >= 15 is 0 Å². The van der Waals surface area contributed by atoms with Crippen LogP contribution < -0.4 is 5.48 Å². The molecule has 172 valence electrons. The predicted molar refractivity (Wildman–Crippen MR) is 117 cm³/mol. The highest BCUT2D eigenvalue weighted by atomic mass is 32.2. The van der Waals surface area contributed by atoms with Crippen LogP contribution in [-0.2, 0) is 21.2 Å². The lowest BCUT2D eigenvalue weighted by atomic mass is 9.91. The van der Waals surface area contributed by atoms with Crippen LogP contribution >= 0.6 is 11.3 Å². The van der Waals surface area contributed by atoms with Crippen molar-refractivity contribution in [3.63, 3.8) is 0 Å². The van der Waals surface area contributed by atoms with E-state index in [-0.39, 0.29) is 37.4 Å². The van der Waals surface area contributed by atoms with Crippen LogP contribution in [0.3, 0.4) is 0 Å². The Balaban J connectivity index is 1.63. The van der Waals surface area contributed by atoms with Crippen LogP contribution in [0.2, 0.25) is 0 Å². The molecule has 0 unspecified atom stereocenters. The molecule has 0 radical (unpaired) electrons. The maximum atomic E-state index is 12.9. The average Bonchev–Trinajstić information content (AvgIpc) is 3.25. The van der Waals surface area contributed by atoms with Crippen molar-refractivity contribution in [1.82, 2.24) is 15.3 Å². The molecule has 3 heterocycles. The van der Waals surface area contributed by atoms with Crippen molar-refractivity contribution < 1.29 is 27.6 Å². The Morgan fingerprint density at radius 3 is 2.72 bits per heavy atom. The summed E-state index contributed by atoms with van der Waals surface area (Å²) in [7, 11) is -1.98. The molecule has 1 aromatic heterocycles. The quantitative estimate of drug-likeness (QED) is 0.351. The molecule has 2 amide bonds. The minimum Gasteiger partial charge on any atom is -0.333 e. The van der Waals surface area contributed by atoms with E-state index in [2.05, 4.69) is 23.7 Å². The van der Waals surface area contributed by atoms with Gasteiger partial charge in [-0.05, 0) is 49.8 Å². The summed E-state index contributed by atoms with van der Waals surface area (Å²) in [5.41, 5.74) is 2.18. The second kappa shape index (κ2) is 9.20. The normalized spacial score (nSPS) is 22.0. The molecule has 0 aliphatic carbocycles. The first kappa shape index (κ1) is 24.2. The van der Waals surface area contributed by atoms with Crippen molar-refractivity contribution in [1.29, 1.82) is 0 Å². The first-order valence-electron chi connectivity index (χ1n) is 9.85. The minimum atomic E-state index is -3.83. The molecular weight excluding hydrogens is 457 g/mol. The number of hydrogen-bond acceptors (Lipinski definition) is 7. The van der Waals surface area contributed by atoms with Gasteiger partial charge >= 0.3 is 0 Å². The lowest BCUT2D eigenvalue weighted by molar-refractivity contribution is -0.131. The second-order valence-electron chi connectivity index (χ2n) is 8.17. The number of halogens is 1. The van der Waals surface area contributed by atoms with Gasteiger partial charge in [-0.3, -0.25) is 19.7 Å². The zero-order valence-electron chi connectivity index (χ0n) is 17.9. The van der Waals surface area contributed by atoms with E-state index in [0.717, 1.165) is 18.4 Å². The topological polar surface area (TPSA) is 107 Å². The second-order valence-corrected chi connectivity index (χ2v) is 11.7. The number of amides is 2. The summed E-state index contributed by atoms with van der Waals surface area (Å²) >= 11 is 1.23. The fourth-order valence-electron chi connectivity index (χ4n) is 3.65. The maximum Gasteiger partial charge on any atom is 0.264 e. The fraction of sp³-hybridized carbons (Fsp3) is 0.524. The summed E-state index contributed by atoms with van der Waals surface area (Å²) in [6, 6.07) is 1.62. The van der Waals surface area contributed by atoms with Crippen LogP contribution in [0.4, 0.5) is 4.39 Å². The molecule has 1 fully saturated rings. The van der Waals surface area contributed by atoms with E-state index in [1.807, 2.05) is 11.9 Å². The largest absolute Gasteiger partial charge is 0.333 e. The maximum absolute atomic E-state index is 12.9. The van der Waals surface area contributed by atoms with Gasteiger partial charge in [-0.25, -0.2) is 18.3 Å². The molecule has 1 aromatic rings. The molecule has 8 nitrogen and oxygen atoms in total. The van der Waals surface area contributed by atoms with Gasteiger partial charge in [-0.15, -0.1) is 11.3 Å². The summed E-state index contributed by atoms with van der Waals surface area (Å²) in [5, 5.41) is 8.91. The molecule has 0 saturated carbocycles. The Hall–Kier alpha value is -2.44. The van der Waals surface area contributed by atoms with Gasteiger partial charge in [0.15, 0.2) is 14.6 Å². The molecule has 2 aliphatic heterocycles. The fourth-order valence-corrected chi connectivity index (χ4v) is 5.49. The van der Waals surface area contributed by atoms with Crippen LogP contribution in [-0.4, -0.2) is 79.1 Å². The number of nitrogens with zero attached hydrogens (tertiary/aromatic N) is 2. The molecule has 2 aliphatic rings. The predicted octanol–water partition coefficient (Wildman–Crippen LogP) is 0.657. The number of hydroxylamine groups is 1. The number of nitrogens with one attached hydrogen (secondary N) is 1. The van der Waals surface area contributed by atoms with Gasteiger partial charge in [-0.2, -0.15) is 0 Å². The van der Waals surface area contributed by atoms with Gasteiger partial charge in [0.2, 0.25) is 0 Å². The number of hydrogen-bond donors (Lipinski definition) is 2. The molecule has 3 rings (SSSR count). The van der Waals surface area contributed by atoms with Gasteiger partial charge < -0.3 is 4.90 Å². The Morgan fingerprint density at radius 1 is 1.44 bits per heavy atom. The molecule has 32 heavy (non-hydrogen) atoms. The van der Waals surface area contributed by atoms with Crippen LogP contribution in [0.1, 0.15) is 33.5 Å². The van der Waals surface area contributed by atoms with Gasteiger partial charge in [0.05, 0.1) is 21.7 Å². The molecule has 2 N–H and O–H groups in total. The van der Waals surface area contributed by atoms with Gasteiger partial charge in [0, 0.05) is 25.9 Å². The number of sulfone groups is 1. The summed E-state index contributed by atoms with van der Waals surface area (Å²) in [6.07, 6.45) is 0.761. The zero-order chi connectivity index (χ0) is 23.7. The van der Waals surface area contributed by atoms with E-state index in [9.17, 15) is 22.4 Å². The van der Waals surface area contributed by atoms with Gasteiger partial charge in [0.1, 0.15) is 6.67 Å². The van der Waals surface area contributed by atoms with Gasteiger partial charge in [-0.1, -0.05) is 5.92 Å². The first-order valence-corrected chi connectivity index (χ1v) is 12.6. The third kappa shape index (κ3) is 4.52. The summed E-state index contributed by atoms with van der Waals surface area (Å²) in [5.74, 6) is 10.1. The number of alkyl halides is 1. The van der Waals surface area contributed by atoms with E-state index in [4.69, 9.17) is 5.21 Å². The molecule has 1 saturated heterocycles. The Bertz CT molecular complexity index is 1160. The summed E-state index contributed by atoms with van der Waals surface area (Å²) in [6.45, 7) is 1.82. The highest BCUT2D eigenvalue weighted by Crippen LogP contribution is 2.32. The monoisotopic (exact) mass is 481 g/mol. The lowest BCUT2D eigenvalue weighted by Gasteiger charge is -2.41. The lowest BCUT2D eigenvalue weighted by Crippen LogP contribution is -2.54. The highest BCUT2D eigenvalue weighted by Gasteiger charge is 2.44. The van der Waals surface area contributed by atoms with Crippen LogP contribution in [0.25, 0.3) is 0 Å². The Kier molecular flexibility index (Phi) is 6.96. The molecule has 11 heteroatoms. The van der Waals surface area contributed by atoms with E-state index in [0.29, 0.717) is 9.75 Å². The standard InChI is InChI=1S/C21H24FN3O5S2/c1-21(20(27)23-28,32(3,29)30)8-9-25-13-15-10-16(31-18(15)19(25)26)7-5-4-6-14-12-24(2)17(14)11-22/h10,14,17,28H,8-9,11-13H2,1-3H3,(H,23,27)/t14-,17+,21+/m0/s1. The van der Waals surface area contributed by atoms with Crippen LogP contribution in [0.15, 0.2) is 6.07 Å². The summed E-state index contributed by atoms with van der Waals surface area (Å²) < 4.78 is 35.2. The Labute approximate surface area is 190 Å². The number of thiophene rings is 1. The van der Waals surface area contributed by atoms with Crippen molar-refractivity contribution in [2.45, 2.75) is 30.7 Å². The van der Waals surface area contributed by atoms with Crippen molar-refractivity contribution in [2.75, 3.05) is 33.1 Å². The third-order valence-corrected chi connectivity index (χ3v) is 9.20. The molecule has 0 aromatic carbocycles. The molecule has 0 spiro atoms. The SMILES string of the molecule is CN1C[C@H](C#CC#Cc2cc3c(s2)C(=O)N(CC[C@](C)(C(=O)NO)S(C)(=O)=O)C3)[C@H]1CF. The zero-order valence-corrected chi connectivity index (χ0v) is 19.6. The number of likely N-dealkylation sites (tertiary alicyclic amines) is 1. The van der Waals surface area contributed by atoms with Crippen molar-refractivity contribution >= 4 is 33.0 Å². The average molecular weight is 482 g/mol. The molecule has 3 atom stereocenters. The number of carbonyl (C=O) groups is 2. The third-order valence-electron chi connectivity index (χ3n) is 6.09. The van der Waals surface area contributed by atoms with Gasteiger partial charge in [0.25, 0.3) is 11.8 Å². The number of carbonyl (C=O) groups excluding carboxylic acids is 2. The first-order chi connectivity index (χ1) is 15.0. The van der Waals surface area contributed by atoms with Crippen molar-refractivity contribution in [3.05, 3.63) is 21.4 Å². The van der Waals surface area contributed by atoms with Crippen LogP contribution in [0, 0.1) is 29.6 Å². The number of rotatable bonds is 6. The van der Waals surface area contributed by atoms with Crippen LogP contribution in [0.5, 0.6) is 0 Å². The minimum absolute atomic E-state index is 0.0201. The smallest absolute Gasteiger partial charge is 0.264 e. The van der Waals surface area contributed by atoms with Crippen molar-refractivity contribution in [2.24, 2.45) is 5.92 Å². The number of fused-ring (bicyclic) bond motifs is 1. The van der Waals surface area contributed by atoms with Crippen molar-refractivity contribution in [3.8, 4) is 23.7 Å². The Morgan fingerprint density at radius 2 is 2.16 bits per heavy atom.